The van der Waals surface area contributed by atoms with E-state index >= 15 is 0 Å². The van der Waals surface area contributed by atoms with Gasteiger partial charge >= 0.3 is 0 Å². The molecular weight excluding hydrogens is 226 g/mol. The average molecular weight is 253 g/mol. The van der Waals surface area contributed by atoms with Gasteiger partial charge < -0.3 is 10.4 Å². The molecule has 0 aromatic carbocycles. The lowest BCUT2D eigenvalue weighted by Crippen LogP contribution is -2.33. The SMILES string of the molecule is Cc1c(C(C)NCC(C)(C)CC(C)O)cnn1C. The highest BCUT2D eigenvalue weighted by molar-refractivity contribution is 5.19. The van der Waals surface area contributed by atoms with E-state index in [4.69, 9.17) is 0 Å². The first-order valence-electron chi connectivity index (χ1n) is 6.63. The summed E-state index contributed by atoms with van der Waals surface area (Å²) in [4.78, 5) is 0. The molecule has 2 N–H and O–H groups in total. The van der Waals surface area contributed by atoms with Crippen LogP contribution >= 0.6 is 0 Å². The molecule has 2 atom stereocenters. The second-order valence-electron chi connectivity index (χ2n) is 6.13. The van der Waals surface area contributed by atoms with Gasteiger partial charge in [0, 0.05) is 30.9 Å². The Labute approximate surface area is 110 Å². The van der Waals surface area contributed by atoms with Crippen LogP contribution in [0.15, 0.2) is 6.20 Å². The summed E-state index contributed by atoms with van der Waals surface area (Å²) in [5.41, 5.74) is 2.53. The molecule has 1 aromatic heterocycles. The minimum Gasteiger partial charge on any atom is -0.393 e. The van der Waals surface area contributed by atoms with Crippen LogP contribution in [0, 0.1) is 12.3 Å². The molecule has 0 spiro atoms. The summed E-state index contributed by atoms with van der Waals surface area (Å²) in [6.07, 6.45) is 2.48. The summed E-state index contributed by atoms with van der Waals surface area (Å²) in [5.74, 6) is 0. The van der Waals surface area contributed by atoms with Crippen LogP contribution in [0.5, 0.6) is 0 Å². The smallest absolute Gasteiger partial charge is 0.0540 e. The van der Waals surface area contributed by atoms with E-state index in [2.05, 4.69) is 38.1 Å². The summed E-state index contributed by atoms with van der Waals surface area (Å²) < 4.78 is 1.90. The number of rotatable bonds is 6. The van der Waals surface area contributed by atoms with Crippen LogP contribution < -0.4 is 5.32 Å². The summed E-state index contributed by atoms with van der Waals surface area (Å²) in [6.45, 7) is 11.3. The number of hydrogen-bond acceptors (Lipinski definition) is 3. The number of nitrogens with one attached hydrogen (secondary N) is 1. The van der Waals surface area contributed by atoms with Crippen molar-refractivity contribution >= 4 is 0 Å². The highest BCUT2D eigenvalue weighted by atomic mass is 16.3. The molecule has 0 fully saturated rings. The van der Waals surface area contributed by atoms with E-state index in [-0.39, 0.29) is 17.6 Å². The Morgan fingerprint density at radius 3 is 2.50 bits per heavy atom. The van der Waals surface area contributed by atoms with Gasteiger partial charge in [-0.2, -0.15) is 5.10 Å². The predicted molar refractivity (Wildman–Crippen MR) is 74.4 cm³/mol. The van der Waals surface area contributed by atoms with Crippen molar-refractivity contribution < 1.29 is 5.11 Å². The topological polar surface area (TPSA) is 50.1 Å². The quantitative estimate of drug-likeness (QED) is 0.817. The van der Waals surface area contributed by atoms with Crippen molar-refractivity contribution in [3.63, 3.8) is 0 Å². The lowest BCUT2D eigenvalue weighted by Gasteiger charge is -2.28. The number of aromatic nitrogens is 2. The molecular formula is C14H27N3O. The molecule has 0 aliphatic carbocycles. The Balaban J connectivity index is 2.56. The molecule has 1 aromatic rings. The Bertz CT molecular complexity index is 382. The average Bonchev–Trinajstić information content (AvgIpc) is 2.55. The number of aryl methyl sites for hydroxylation is 1. The lowest BCUT2D eigenvalue weighted by atomic mass is 9.86. The van der Waals surface area contributed by atoms with E-state index in [1.807, 2.05) is 24.9 Å². The van der Waals surface area contributed by atoms with Crippen molar-refractivity contribution in [3.05, 3.63) is 17.5 Å². The fourth-order valence-corrected chi connectivity index (χ4v) is 2.35. The lowest BCUT2D eigenvalue weighted by molar-refractivity contribution is 0.127. The summed E-state index contributed by atoms with van der Waals surface area (Å²) in [6, 6.07) is 0.284. The van der Waals surface area contributed by atoms with E-state index in [9.17, 15) is 5.11 Å². The monoisotopic (exact) mass is 253 g/mol. The van der Waals surface area contributed by atoms with Crippen molar-refractivity contribution in [1.29, 1.82) is 0 Å². The van der Waals surface area contributed by atoms with E-state index in [1.54, 1.807) is 0 Å². The first kappa shape index (κ1) is 15.2. The molecule has 0 aliphatic rings. The number of aliphatic hydroxyl groups is 1. The largest absolute Gasteiger partial charge is 0.393 e. The van der Waals surface area contributed by atoms with E-state index in [0.29, 0.717) is 0 Å². The van der Waals surface area contributed by atoms with Gasteiger partial charge in [0.25, 0.3) is 0 Å². The molecule has 18 heavy (non-hydrogen) atoms. The zero-order chi connectivity index (χ0) is 13.9. The zero-order valence-corrected chi connectivity index (χ0v) is 12.5. The maximum absolute atomic E-state index is 9.48. The number of hydrogen-bond donors (Lipinski definition) is 2. The summed E-state index contributed by atoms with van der Waals surface area (Å²) in [5, 5.41) is 17.3. The molecule has 0 amide bonds. The van der Waals surface area contributed by atoms with Gasteiger partial charge in [0.1, 0.15) is 0 Å². The summed E-state index contributed by atoms with van der Waals surface area (Å²) in [7, 11) is 1.96. The minimum absolute atomic E-state index is 0.0958. The third-order valence-corrected chi connectivity index (χ3v) is 3.47. The van der Waals surface area contributed by atoms with Crippen molar-refractivity contribution in [2.24, 2.45) is 12.5 Å². The zero-order valence-electron chi connectivity index (χ0n) is 12.5. The fourth-order valence-electron chi connectivity index (χ4n) is 2.35. The van der Waals surface area contributed by atoms with Crippen LogP contribution in [0.3, 0.4) is 0 Å². The molecule has 4 nitrogen and oxygen atoms in total. The van der Waals surface area contributed by atoms with Crippen LogP contribution in [0.25, 0.3) is 0 Å². The van der Waals surface area contributed by atoms with Crippen molar-refractivity contribution in [2.75, 3.05) is 6.54 Å². The highest BCUT2D eigenvalue weighted by Crippen LogP contribution is 2.23. The van der Waals surface area contributed by atoms with Crippen molar-refractivity contribution in [2.45, 2.75) is 53.2 Å². The molecule has 0 radical (unpaired) electrons. The van der Waals surface area contributed by atoms with Crippen LogP contribution in [-0.2, 0) is 7.05 Å². The Morgan fingerprint density at radius 2 is 2.06 bits per heavy atom. The minimum atomic E-state index is -0.253. The van der Waals surface area contributed by atoms with Gasteiger partial charge in [0.05, 0.1) is 12.3 Å². The van der Waals surface area contributed by atoms with Gasteiger partial charge in [-0.25, -0.2) is 0 Å². The third kappa shape index (κ3) is 4.10. The number of aliphatic hydroxyl groups excluding tert-OH is 1. The molecule has 1 rings (SSSR count). The van der Waals surface area contributed by atoms with Crippen LogP contribution in [-0.4, -0.2) is 27.5 Å². The van der Waals surface area contributed by atoms with Crippen LogP contribution in [0.4, 0.5) is 0 Å². The first-order valence-corrected chi connectivity index (χ1v) is 6.63. The van der Waals surface area contributed by atoms with Gasteiger partial charge in [-0.15, -0.1) is 0 Å². The normalized spacial score (nSPS) is 15.7. The molecule has 0 bridgehead atoms. The van der Waals surface area contributed by atoms with E-state index in [0.717, 1.165) is 13.0 Å². The van der Waals surface area contributed by atoms with E-state index < -0.39 is 0 Å². The van der Waals surface area contributed by atoms with Gasteiger partial charge in [-0.3, -0.25) is 4.68 Å². The maximum atomic E-state index is 9.48. The second-order valence-corrected chi connectivity index (χ2v) is 6.13. The van der Waals surface area contributed by atoms with E-state index in [1.165, 1.54) is 11.3 Å². The third-order valence-electron chi connectivity index (χ3n) is 3.47. The fraction of sp³-hybridized carbons (Fsp3) is 0.786. The van der Waals surface area contributed by atoms with Gasteiger partial charge in [0.15, 0.2) is 0 Å². The molecule has 0 aliphatic heterocycles. The Kier molecular flexibility index (Phi) is 4.93. The maximum Gasteiger partial charge on any atom is 0.0540 e. The van der Waals surface area contributed by atoms with Crippen LogP contribution in [0.1, 0.15) is 51.4 Å². The van der Waals surface area contributed by atoms with Gasteiger partial charge in [-0.1, -0.05) is 13.8 Å². The molecule has 1 heterocycles. The van der Waals surface area contributed by atoms with Gasteiger partial charge in [-0.05, 0) is 32.6 Å². The van der Waals surface area contributed by atoms with Crippen LogP contribution in [0.2, 0.25) is 0 Å². The number of nitrogens with zero attached hydrogens (tertiary/aromatic N) is 2. The highest BCUT2D eigenvalue weighted by Gasteiger charge is 2.21. The predicted octanol–water partition coefficient (Wildman–Crippen LogP) is 2.18. The standard InChI is InChI=1S/C14H27N3O/c1-10(18)7-14(4,5)9-15-11(2)13-8-16-17(6)12(13)3/h8,10-11,15,18H,7,9H2,1-6H3. The van der Waals surface area contributed by atoms with Crippen molar-refractivity contribution in [3.8, 4) is 0 Å². The molecule has 0 saturated carbocycles. The molecule has 4 heteroatoms. The van der Waals surface area contributed by atoms with Crippen molar-refractivity contribution in [1.82, 2.24) is 15.1 Å². The second kappa shape index (κ2) is 5.85. The Morgan fingerprint density at radius 1 is 1.44 bits per heavy atom. The van der Waals surface area contributed by atoms with Gasteiger partial charge in [0.2, 0.25) is 0 Å². The molecule has 0 saturated heterocycles. The summed E-state index contributed by atoms with van der Waals surface area (Å²) >= 11 is 0. The molecule has 2 unspecified atom stereocenters. The Hall–Kier alpha value is -0.870. The first-order chi connectivity index (χ1) is 8.23. The molecule has 104 valence electrons.